The van der Waals surface area contributed by atoms with Gasteiger partial charge >= 0.3 is 0 Å². The number of rotatable bonds is 2. The molecule has 3 rings (SSSR count). The summed E-state index contributed by atoms with van der Waals surface area (Å²) in [5, 5.41) is 14.8. The van der Waals surface area contributed by atoms with Crippen LogP contribution < -0.4 is 4.31 Å². The summed E-state index contributed by atoms with van der Waals surface area (Å²) < 4.78 is 28.6. The molecule has 2 aromatic rings. The van der Waals surface area contributed by atoms with E-state index in [0.29, 0.717) is 5.56 Å². The number of hydrogen-bond donors (Lipinski definition) is 1. The van der Waals surface area contributed by atoms with Crippen LogP contribution in [0.1, 0.15) is 16.8 Å². The van der Waals surface area contributed by atoms with Crippen LogP contribution in [0.4, 0.5) is 5.69 Å². The summed E-state index contributed by atoms with van der Waals surface area (Å²) in [7, 11) is -2.33. The van der Waals surface area contributed by atoms with Gasteiger partial charge in [0.15, 0.2) is 11.5 Å². The number of aromatic nitrogens is 2. The molecule has 0 amide bonds. The number of aliphatic hydroxyl groups excluding tert-OH is 1. The second-order valence-electron chi connectivity index (χ2n) is 5.25. The predicted octanol–water partition coefficient (Wildman–Crippen LogP) is 1.90. The number of benzene rings is 1. The summed E-state index contributed by atoms with van der Waals surface area (Å²) in [6.45, 7) is 1.65. The molecule has 7 heteroatoms. The van der Waals surface area contributed by atoms with Crippen molar-refractivity contribution in [3.63, 3.8) is 0 Å². The molecule has 0 saturated heterocycles. The molecule has 6 nitrogen and oxygen atoms in total. The summed E-state index contributed by atoms with van der Waals surface area (Å²) in [6, 6.07) is 6.96. The zero-order valence-corrected chi connectivity index (χ0v) is 13.5. The first-order valence-electron chi connectivity index (χ1n) is 6.87. The lowest BCUT2D eigenvalue weighted by molar-refractivity contribution is 0.507. The Morgan fingerprint density at radius 3 is 2.70 bits per heavy atom. The number of nitrogens with zero attached hydrogens (tertiary/aromatic N) is 3. The average Bonchev–Trinajstić information content (AvgIpc) is 2.87. The van der Waals surface area contributed by atoms with Gasteiger partial charge in [0, 0.05) is 18.8 Å². The summed E-state index contributed by atoms with van der Waals surface area (Å²) >= 11 is 0. The molecular formula is C16H15N3O3S. The fraction of sp³-hybridized carbons (Fsp3) is 0.188. The lowest BCUT2D eigenvalue weighted by atomic mass is 10.1. The smallest absolute Gasteiger partial charge is 0.269 e. The maximum absolute atomic E-state index is 13.0. The van der Waals surface area contributed by atoms with Gasteiger partial charge in [0.2, 0.25) is 0 Å². The van der Waals surface area contributed by atoms with Crippen molar-refractivity contribution in [1.29, 1.82) is 0 Å². The summed E-state index contributed by atoms with van der Waals surface area (Å²) in [5.41, 5.74) is 1.65. The van der Waals surface area contributed by atoms with Gasteiger partial charge in [-0.3, -0.25) is 8.99 Å². The van der Waals surface area contributed by atoms with E-state index in [1.807, 2.05) is 0 Å². The zero-order chi connectivity index (χ0) is 16.8. The number of fused-ring (bicyclic) bond motifs is 1. The first kappa shape index (κ1) is 15.2. The molecule has 0 bridgehead atoms. The van der Waals surface area contributed by atoms with E-state index in [9.17, 15) is 13.5 Å². The Morgan fingerprint density at radius 2 is 2.04 bits per heavy atom. The number of hydrogen-bond acceptors (Lipinski definition) is 4. The summed E-state index contributed by atoms with van der Waals surface area (Å²) in [6.07, 6.45) is 6.85. The minimum absolute atomic E-state index is 0.135. The Morgan fingerprint density at radius 1 is 1.35 bits per heavy atom. The minimum atomic E-state index is -3.98. The number of aliphatic hydroxyl groups is 1. The summed E-state index contributed by atoms with van der Waals surface area (Å²) in [5.74, 6) is 1.99. The normalized spacial score (nSPS) is 16.1. The Kier molecular flexibility index (Phi) is 3.42. The van der Waals surface area contributed by atoms with Crippen molar-refractivity contribution in [3.05, 3.63) is 47.3 Å². The molecule has 0 atom stereocenters. The van der Waals surface area contributed by atoms with Gasteiger partial charge in [-0.2, -0.15) is 5.10 Å². The van der Waals surface area contributed by atoms with Crippen molar-refractivity contribution >= 4 is 26.4 Å². The molecular weight excluding hydrogens is 314 g/mol. The highest BCUT2D eigenvalue weighted by atomic mass is 32.2. The first-order chi connectivity index (χ1) is 10.9. The van der Waals surface area contributed by atoms with E-state index in [4.69, 9.17) is 6.42 Å². The van der Waals surface area contributed by atoms with Crippen LogP contribution >= 0.6 is 0 Å². The van der Waals surface area contributed by atoms with E-state index in [0.717, 1.165) is 9.87 Å². The lowest BCUT2D eigenvalue weighted by Crippen LogP contribution is -2.35. The zero-order valence-electron chi connectivity index (χ0n) is 12.7. The molecule has 0 unspecified atom stereocenters. The van der Waals surface area contributed by atoms with Gasteiger partial charge < -0.3 is 5.11 Å². The van der Waals surface area contributed by atoms with Crippen LogP contribution in [0, 0.1) is 19.3 Å². The lowest BCUT2D eigenvalue weighted by Gasteiger charge is -2.28. The number of sulfonamides is 1. The molecule has 1 N–H and O–H groups in total. The van der Waals surface area contributed by atoms with Crippen LogP contribution in [0.5, 0.6) is 0 Å². The van der Waals surface area contributed by atoms with Crippen molar-refractivity contribution in [2.45, 2.75) is 6.92 Å². The molecule has 1 aliphatic heterocycles. The van der Waals surface area contributed by atoms with Gasteiger partial charge in [0.25, 0.3) is 10.0 Å². The van der Waals surface area contributed by atoms with Crippen LogP contribution in [0.2, 0.25) is 0 Å². The molecule has 118 valence electrons. The highest BCUT2D eigenvalue weighted by Crippen LogP contribution is 2.42. The molecule has 1 aliphatic rings. The molecule has 0 fully saturated rings. The third-order valence-corrected chi connectivity index (χ3v) is 5.53. The SMILES string of the molecule is C#CCN1c2cn(C)nc2C(O)=C(c2ccccc2C)S1(=O)=O. The number of aryl methyl sites for hydroxylation is 2. The van der Waals surface area contributed by atoms with Gasteiger partial charge in [-0.05, 0) is 12.5 Å². The van der Waals surface area contributed by atoms with E-state index in [-0.39, 0.29) is 28.6 Å². The molecule has 0 saturated carbocycles. The van der Waals surface area contributed by atoms with Gasteiger partial charge in [-0.25, -0.2) is 8.42 Å². The van der Waals surface area contributed by atoms with Crippen molar-refractivity contribution < 1.29 is 13.5 Å². The van der Waals surface area contributed by atoms with Crippen LogP contribution in [0.15, 0.2) is 30.5 Å². The Labute approximate surface area is 134 Å². The van der Waals surface area contributed by atoms with Gasteiger partial charge in [-0.15, -0.1) is 6.42 Å². The van der Waals surface area contributed by atoms with E-state index < -0.39 is 10.0 Å². The first-order valence-corrected chi connectivity index (χ1v) is 8.31. The van der Waals surface area contributed by atoms with Crippen LogP contribution in [-0.4, -0.2) is 29.8 Å². The van der Waals surface area contributed by atoms with Crippen molar-refractivity contribution in [3.8, 4) is 12.3 Å². The second-order valence-corrected chi connectivity index (χ2v) is 7.04. The summed E-state index contributed by atoms with van der Waals surface area (Å²) in [4.78, 5) is -0.169. The van der Waals surface area contributed by atoms with E-state index in [2.05, 4.69) is 11.0 Å². The van der Waals surface area contributed by atoms with Gasteiger partial charge in [-0.1, -0.05) is 30.2 Å². The second kappa shape index (κ2) is 5.18. The number of terminal acetylenes is 1. The van der Waals surface area contributed by atoms with E-state index in [1.54, 1.807) is 38.2 Å². The van der Waals surface area contributed by atoms with Crippen LogP contribution in [0.3, 0.4) is 0 Å². The minimum Gasteiger partial charge on any atom is -0.504 e. The van der Waals surface area contributed by atoms with E-state index in [1.165, 1.54) is 10.9 Å². The van der Waals surface area contributed by atoms with Crippen molar-refractivity contribution in [1.82, 2.24) is 9.78 Å². The Hall–Kier alpha value is -2.72. The van der Waals surface area contributed by atoms with E-state index >= 15 is 0 Å². The predicted molar refractivity (Wildman–Crippen MR) is 88.9 cm³/mol. The third-order valence-electron chi connectivity index (χ3n) is 3.69. The highest BCUT2D eigenvalue weighted by Gasteiger charge is 2.40. The fourth-order valence-corrected chi connectivity index (χ4v) is 4.35. The van der Waals surface area contributed by atoms with Crippen molar-refractivity contribution in [2.24, 2.45) is 7.05 Å². The van der Waals surface area contributed by atoms with Gasteiger partial charge in [0.05, 0.1) is 6.54 Å². The average molecular weight is 329 g/mol. The van der Waals surface area contributed by atoms with Crippen LogP contribution in [0.25, 0.3) is 10.7 Å². The molecule has 23 heavy (non-hydrogen) atoms. The molecule has 0 spiro atoms. The monoisotopic (exact) mass is 329 g/mol. The molecule has 1 aromatic heterocycles. The van der Waals surface area contributed by atoms with Crippen LogP contribution in [-0.2, 0) is 17.1 Å². The fourth-order valence-electron chi connectivity index (χ4n) is 2.64. The third kappa shape index (κ3) is 2.19. The molecule has 0 aliphatic carbocycles. The Balaban J connectivity index is 2.38. The topological polar surface area (TPSA) is 75.4 Å². The number of anilines is 1. The largest absolute Gasteiger partial charge is 0.504 e. The van der Waals surface area contributed by atoms with Gasteiger partial charge in [0.1, 0.15) is 10.6 Å². The quantitative estimate of drug-likeness (QED) is 0.854. The maximum Gasteiger partial charge on any atom is 0.269 e. The molecule has 0 radical (unpaired) electrons. The maximum atomic E-state index is 13.0. The standard InChI is InChI=1S/C16H15N3O3S/c1-4-9-19-13-10-18(3)17-14(13)15(20)16(23(19,21)22)12-8-6-5-7-11(12)2/h1,5-8,10,20H,9H2,2-3H3. The molecule has 2 heterocycles. The Bertz CT molecular complexity index is 965. The molecule has 1 aromatic carbocycles. The van der Waals surface area contributed by atoms with Crippen molar-refractivity contribution in [2.75, 3.05) is 10.8 Å². The highest BCUT2D eigenvalue weighted by molar-refractivity contribution is 8.02.